The van der Waals surface area contributed by atoms with E-state index in [9.17, 15) is 13.6 Å². The van der Waals surface area contributed by atoms with Crippen LogP contribution >= 0.6 is 0 Å². The Morgan fingerprint density at radius 3 is 2.67 bits per heavy atom. The van der Waals surface area contributed by atoms with Gasteiger partial charge in [-0.15, -0.1) is 0 Å². The fourth-order valence-electron chi connectivity index (χ4n) is 1.43. The van der Waals surface area contributed by atoms with Gasteiger partial charge in [0.25, 0.3) is 0 Å². The summed E-state index contributed by atoms with van der Waals surface area (Å²) >= 11 is 0. The maximum absolute atomic E-state index is 13.6. The second kappa shape index (κ2) is 4.79. The van der Waals surface area contributed by atoms with Crippen molar-refractivity contribution < 1.29 is 18.7 Å². The summed E-state index contributed by atoms with van der Waals surface area (Å²) in [6.07, 6.45) is 2.88. The molecule has 0 unspecified atom stereocenters. The van der Waals surface area contributed by atoms with Crippen molar-refractivity contribution in [1.82, 2.24) is 4.98 Å². The van der Waals surface area contributed by atoms with E-state index in [-0.39, 0.29) is 5.56 Å². The summed E-state index contributed by atoms with van der Waals surface area (Å²) in [5, 5.41) is 11.4. The third-order valence-electron chi connectivity index (χ3n) is 2.26. The smallest absolute Gasteiger partial charge is 0.337 e. The highest BCUT2D eigenvalue weighted by atomic mass is 19.2. The van der Waals surface area contributed by atoms with Crippen LogP contribution < -0.4 is 5.32 Å². The number of halogens is 2. The molecule has 0 amide bonds. The van der Waals surface area contributed by atoms with E-state index < -0.39 is 23.3 Å². The number of aromatic carboxylic acids is 1. The van der Waals surface area contributed by atoms with E-state index in [1.165, 1.54) is 12.4 Å². The zero-order valence-electron chi connectivity index (χ0n) is 9.02. The monoisotopic (exact) mass is 250 g/mol. The van der Waals surface area contributed by atoms with Crippen LogP contribution in [0.3, 0.4) is 0 Å². The lowest BCUT2D eigenvalue weighted by atomic mass is 10.1. The van der Waals surface area contributed by atoms with Gasteiger partial charge in [-0.2, -0.15) is 0 Å². The normalized spacial score (nSPS) is 10.1. The SMILES string of the molecule is O=C(O)c1ccc(F)c(F)c1Nc1cccnc1. The minimum absolute atomic E-state index is 0.349. The zero-order chi connectivity index (χ0) is 13.1. The largest absolute Gasteiger partial charge is 0.478 e. The van der Waals surface area contributed by atoms with Gasteiger partial charge in [0.2, 0.25) is 0 Å². The van der Waals surface area contributed by atoms with E-state index in [1.807, 2.05) is 0 Å². The Balaban J connectivity index is 2.48. The molecule has 0 radical (unpaired) electrons. The molecule has 4 nitrogen and oxygen atoms in total. The number of hydrogen-bond acceptors (Lipinski definition) is 3. The van der Waals surface area contributed by atoms with Crippen molar-refractivity contribution in [3.05, 3.63) is 53.9 Å². The summed E-state index contributed by atoms with van der Waals surface area (Å²) in [5.74, 6) is -3.70. The fraction of sp³-hybridized carbons (Fsp3) is 0. The maximum atomic E-state index is 13.6. The highest BCUT2D eigenvalue weighted by molar-refractivity contribution is 5.95. The molecule has 2 aromatic rings. The van der Waals surface area contributed by atoms with Gasteiger partial charge in [-0.25, -0.2) is 13.6 Å². The Bertz CT molecular complexity index is 588. The van der Waals surface area contributed by atoms with Crippen molar-refractivity contribution in [3.63, 3.8) is 0 Å². The lowest BCUT2D eigenvalue weighted by molar-refractivity contribution is 0.0697. The molecule has 1 aromatic carbocycles. The molecule has 0 fully saturated rings. The lowest BCUT2D eigenvalue weighted by Gasteiger charge is -2.10. The van der Waals surface area contributed by atoms with Crippen molar-refractivity contribution in [2.75, 3.05) is 5.32 Å². The van der Waals surface area contributed by atoms with Crippen molar-refractivity contribution in [1.29, 1.82) is 0 Å². The molecule has 18 heavy (non-hydrogen) atoms. The van der Waals surface area contributed by atoms with E-state index in [0.717, 1.165) is 12.1 Å². The Morgan fingerprint density at radius 2 is 2.06 bits per heavy atom. The molecular weight excluding hydrogens is 242 g/mol. The van der Waals surface area contributed by atoms with Gasteiger partial charge < -0.3 is 10.4 Å². The van der Waals surface area contributed by atoms with Crippen molar-refractivity contribution in [2.45, 2.75) is 0 Å². The zero-order valence-corrected chi connectivity index (χ0v) is 9.02. The number of hydrogen-bond donors (Lipinski definition) is 2. The molecule has 2 rings (SSSR count). The van der Waals surface area contributed by atoms with Gasteiger partial charge in [0.1, 0.15) is 0 Å². The molecule has 0 aliphatic carbocycles. The van der Waals surface area contributed by atoms with Crippen molar-refractivity contribution in [2.24, 2.45) is 0 Å². The number of anilines is 2. The van der Waals surface area contributed by atoms with Gasteiger partial charge in [0.15, 0.2) is 11.6 Å². The standard InChI is InChI=1S/C12H8F2N2O2/c13-9-4-3-8(12(17)18)11(10(9)14)16-7-2-1-5-15-6-7/h1-6,16H,(H,17,18). The minimum atomic E-state index is -1.35. The molecule has 0 aliphatic heterocycles. The van der Waals surface area contributed by atoms with Crippen molar-refractivity contribution in [3.8, 4) is 0 Å². The molecule has 1 heterocycles. The van der Waals surface area contributed by atoms with E-state index in [0.29, 0.717) is 5.69 Å². The van der Waals surface area contributed by atoms with Gasteiger partial charge in [-0.1, -0.05) is 0 Å². The van der Waals surface area contributed by atoms with E-state index in [2.05, 4.69) is 10.3 Å². The van der Waals surface area contributed by atoms with Gasteiger partial charge in [0.05, 0.1) is 23.1 Å². The first kappa shape index (κ1) is 12.0. The number of carboxylic acids is 1. The summed E-state index contributed by atoms with van der Waals surface area (Å²) in [7, 11) is 0. The van der Waals surface area contributed by atoms with E-state index in [1.54, 1.807) is 12.1 Å². The number of carbonyl (C=O) groups is 1. The highest BCUT2D eigenvalue weighted by Gasteiger charge is 2.18. The first-order valence-corrected chi connectivity index (χ1v) is 4.98. The number of carboxylic acid groups (broad SMARTS) is 1. The molecule has 0 saturated heterocycles. The third kappa shape index (κ3) is 2.27. The molecular formula is C12H8F2N2O2. The van der Waals surface area contributed by atoms with Gasteiger partial charge >= 0.3 is 5.97 Å². The second-order valence-corrected chi connectivity index (χ2v) is 3.46. The molecule has 1 aromatic heterocycles. The number of benzene rings is 1. The Hall–Kier alpha value is -2.50. The highest BCUT2D eigenvalue weighted by Crippen LogP contribution is 2.26. The summed E-state index contributed by atoms with van der Waals surface area (Å²) in [5.41, 5.74) is -0.405. The molecule has 0 bridgehead atoms. The molecule has 2 N–H and O–H groups in total. The van der Waals surface area contributed by atoms with Crippen LogP contribution in [0, 0.1) is 11.6 Å². The molecule has 6 heteroatoms. The summed E-state index contributed by atoms with van der Waals surface area (Å²) in [6, 6.07) is 4.91. The Kier molecular flexibility index (Phi) is 3.18. The van der Waals surface area contributed by atoms with Crippen LogP contribution in [0.5, 0.6) is 0 Å². The Morgan fingerprint density at radius 1 is 1.28 bits per heavy atom. The average Bonchev–Trinajstić information content (AvgIpc) is 2.36. The van der Waals surface area contributed by atoms with Crippen molar-refractivity contribution >= 4 is 17.3 Å². The number of nitrogens with zero attached hydrogens (tertiary/aromatic N) is 1. The fourth-order valence-corrected chi connectivity index (χ4v) is 1.43. The van der Waals surface area contributed by atoms with Crippen LogP contribution in [0.2, 0.25) is 0 Å². The van der Waals surface area contributed by atoms with Crippen LogP contribution in [-0.2, 0) is 0 Å². The van der Waals surface area contributed by atoms with Gasteiger partial charge in [-0.3, -0.25) is 4.98 Å². The molecule has 0 aliphatic rings. The number of rotatable bonds is 3. The second-order valence-electron chi connectivity index (χ2n) is 3.46. The van der Waals surface area contributed by atoms with Crippen LogP contribution in [-0.4, -0.2) is 16.1 Å². The molecule has 0 atom stereocenters. The molecule has 0 saturated carbocycles. The lowest BCUT2D eigenvalue weighted by Crippen LogP contribution is -2.06. The topological polar surface area (TPSA) is 62.2 Å². The molecule has 92 valence electrons. The number of pyridine rings is 1. The number of nitrogens with one attached hydrogen (secondary N) is 1. The minimum Gasteiger partial charge on any atom is -0.478 e. The van der Waals surface area contributed by atoms with Crippen LogP contribution in [0.1, 0.15) is 10.4 Å². The number of aromatic nitrogens is 1. The maximum Gasteiger partial charge on any atom is 0.337 e. The summed E-state index contributed by atoms with van der Waals surface area (Å²) < 4.78 is 26.7. The summed E-state index contributed by atoms with van der Waals surface area (Å²) in [6.45, 7) is 0. The predicted molar refractivity (Wildman–Crippen MR) is 60.8 cm³/mol. The van der Waals surface area contributed by atoms with Gasteiger partial charge in [0, 0.05) is 6.20 Å². The Labute approximate surface area is 101 Å². The van der Waals surface area contributed by atoms with Crippen LogP contribution in [0.4, 0.5) is 20.2 Å². The van der Waals surface area contributed by atoms with Crippen LogP contribution in [0.25, 0.3) is 0 Å². The quantitative estimate of drug-likeness (QED) is 0.879. The van der Waals surface area contributed by atoms with E-state index >= 15 is 0 Å². The first-order chi connectivity index (χ1) is 8.59. The average molecular weight is 250 g/mol. The van der Waals surface area contributed by atoms with Gasteiger partial charge in [-0.05, 0) is 24.3 Å². The molecule has 0 spiro atoms. The first-order valence-electron chi connectivity index (χ1n) is 4.98. The third-order valence-corrected chi connectivity index (χ3v) is 2.26. The van der Waals surface area contributed by atoms with Crippen LogP contribution in [0.15, 0.2) is 36.7 Å². The van der Waals surface area contributed by atoms with E-state index in [4.69, 9.17) is 5.11 Å². The predicted octanol–water partition coefficient (Wildman–Crippen LogP) is 2.80. The summed E-state index contributed by atoms with van der Waals surface area (Å²) in [4.78, 5) is 14.7.